The summed E-state index contributed by atoms with van der Waals surface area (Å²) in [5, 5.41) is 20.9. The first-order valence-electron chi connectivity index (χ1n) is 8.58. The number of aryl methyl sites for hydroxylation is 1. The van der Waals surface area contributed by atoms with Crippen LogP contribution in [-0.2, 0) is 22.7 Å². The zero-order valence-corrected chi connectivity index (χ0v) is 15.4. The van der Waals surface area contributed by atoms with Crippen molar-refractivity contribution in [1.82, 2.24) is 15.0 Å². The van der Waals surface area contributed by atoms with Gasteiger partial charge in [0.05, 0.1) is 16.7 Å². The first-order chi connectivity index (χ1) is 13.9. The average Bonchev–Trinajstić information content (AvgIpc) is 3.14. The summed E-state index contributed by atoms with van der Waals surface area (Å²) in [6.07, 6.45) is 1.50. The molecule has 0 aliphatic carbocycles. The molecule has 1 amide bonds. The Morgan fingerprint density at radius 1 is 1.14 bits per heavy atom. The second-order valence-corrected chi connectivity index (χ2v) is 6.20. The van der Waals surface area contributed by atoms with Crippen molar-refractivity contribution in [2.24, 2.45) is 0 Å². The number of amides is 1. The maximum Gasteiger partial charge on any atom is 0.338 e. The maximum atomic E-state index is 12.1. The van der Waals surface area contributed by atoms with E-state index in [0.717, 1.165) is 5.56 Å². The first kappa shape index (κ1) is 19.7. The molecule has 29 heavy (non-hydrogen) atoms. The van der Waals surface area contributed by atoms with Gasteiger partial charge in [0.25, 0.3) is 5.69 Å². The monoisotopic (exact) mass is 395 g/mol. The zero-order chi connectivity index (χ0) is 20.8. The molecule has 0 saturated heterocycles. The van der Waals surface area contributed by atoms with Gasteiger partial charge in [-0.25, -0.2) is 9.48 Å². The van der Waals surface area contributed by atoms with Crippen LogP contribution in [0, 0.1) is 17.0 Å². The van der Waals surface area contributed by atoms with Crippen molar-refractivity contribution in [1.29, 1.82) is 0 Å². The van der Waals surface area contributed by atoms with Crippen LogP contribution < -0.4 is 5.32 Å². The lowest BCUT2D eigenvalue weighted by Crippen LogP contribution is -2.19. The predicted molar refractivity (Wildman–Crippen MR) is 102 cm³/mol. The second-order valence-electron chi connectivity index (χ2n) is 6.20. The summed E-state index contributed by atoms with van der Waals surface area (Å²) in [4.78, 5) is 34.2. The number of nitrogens with one attached hydrogen (secondary N) is 1. The molecule has 0 bridgehead atoms. The van der Waals surface area contributed by atoms with Gasteiger partial charge in [-0.1, -0.05) is 22.9 Å². The lowest BCUT2D eigenvalue weighted by atomic mass is 10.1. The molecule has 10 heteroatoms. The third-order valence-electron chi connectivity index (χ3n) is 3.89. The third kappa shape index (κ3) is 5.45. The van der Waals surface area contributed by atoms with Gasteiger partial charge in [-0.05, 0) is 31.2 Å². The molecule has 0 unspecified atom stereocenters. The number of carbonyl (C=O) groups excluding carboxylic acids is 2. The van der Waals surface area contributed by atoms with E-state index in [1.54, 1.807) is 12.1 Å². The normalized spacial score (nSPS) is 10.4. The Kier molecular flexibility index (Phi) is 5.93. The number of esters is 1. The minimum atomic E-state index is -0.520. The van der Waals surface area contributed by atoms with Crippen LogP contribution in [0.2, 0.25) is 0 Å². The predicted octanol–water partition coefficient (Wildman–Crippen LogP) is 2.49. The van der Waals surface area contributed by atoms with E-state index in [1.165, 1.54) is 35.1 Å². The molecule has 1 aromatic heterocycles. The summed E-state index contributed by atoms with van der Waals surface area (Å²) >= 11 is 0. The van der Waals surface area contributed by atoms with Gasteiger partial charge in [0, 0.05) is 17.8 Å². The highest BCUT2D eigenvalue weighted by atomic mass is 16.6. The molecule has 0 aliphatic heterocycles. The van der Waals surface area contributed by atoms with E-state index in [4.69, 9.17) is 4.74 Å². The number of ether oxygens (including phenoxy) is 1. The van der Waals surface area contributed by atoms with Gasteiger partial charge in [0.15, 0.2) is 0 Å². The molecule has 0 spiro atoms. The molecule has 0 aliphatic rings. The number of nitro groups is 1. The number of hydrogen-bond donors (Lipinski definition) is 1. The molecule has 1 N–H and O–H groups in total. The molecular formula is C19H17N5O5. The van der Waals surface area contributed by atoms with Gasteiger partial charge >= 0.3 is 5.97 Å². The minimum absolute atomic E-state index is 0.0656. The highest BCUT2D eigenvalue weighted by Crippen LogP contribution is 2.15. The quantitative estimate of drug-likeness (QED) is 0.369. The van der Waals surface area contributed by atoms with Crippen LogP contribution in [0.5, 0.6) is 0 Å². The van der Waals surface area contributed by atoms with Gasteiger partial charge in [-0.15, -0.1) is 5.10 Å². The minimum Gasteiger partial charge on any atom is -0.455 e. The summed E-state index contributed by atoms with van der Waals surface area (Å²) in [6, 6.07) is 12.5. The molecule has 3 rings (SSSR count). The smallest absolute Gasteiger partial charge is 0.338 e. The van der Waals surface area contributed by atoms with Crippen LogP contribution >= 0.6 is 0 Å². The first-order valence-corrected chi connectivity index (χ1v) is 8.58. The molecule has 1 heterocycles. The van der Waals surface area contributed by atoms with Gasteiger partial charge in [0.2, 0.25) is 5.91 Å². The Bertz CT molecular complexity index is 1030. The molecule has 0 radical (unpaired) electrons. The Balaban J connectivity index is 1.50. The fourth-order valence-corrected chi connectivity index (χ4v) is 2.41. The Hall–Kier alpha value is -4.08. The molecule has 0 saturated carbocycles. The van der Waals surface area contributed by atoms with E-state index in [2.05, 4.69) is 15.6 Å². The molecule has 148 valence electrons. The molecule has 0 fully saturated rings. The fourth-order valence-electron chi connectivity index (χ4n) is 2.41. The fraction of sp³-hybridized carbons (Fsp3) is 0.158. The molecule has 3 aromatic rings. The summed E-state index contributed by atoms with van der Waals surface area (Å²) in [7, 11) is 0. The SMILES string of the molecule is Cc1ccc(C(=O)OCc2cn(CC(=O)Nc3ccc([N+](=O)[O-])cc3)nn2)cc1. The number of nitrogens with zero attached hydrogens (tertiary/aromatic N) is 4. The van der Waals surface area contributed by atoms with Gasteiger partial charge in [-0.3, -0.25) is 14.9 Å². The number of carbonyl (C=O) groups is 2. The average molecular weight is 395 g/mol. The van der Waals surface area contributed by atoms with Crippen LogP contribution in [-0.4, -0.2) is 31.8 Å². The number of nitro benzene ring substituents is 1. The van der Waals surface area contributed by atoms with Crippen molar-refractivity contribution in [3.05, 3.63) is 81.7 Å². The van der Waals surface area contributed by atoms with Crippen LogP contribution in [0.1, 0.15) is 21.6 Å². The maximum absolute atomic E-state index is 12.1. The van der Waals surface area contributed by atoms with E-state index in [1.807, 2.05) is 19.1 Å². The number of rotatable bonds is 7. The van der Waals surface area contributed by atoms with E-state index >= 15 is 0 Å². The standard InChI is InChI=1S/C19H17N5O5/c1-13-2-4-14(5-3-13)19(26)29-12-16-10-23(22-21-16)11-18(25)20-15-6-8-17(9-7-15)24(27)28/h2-10H,11-12H2,1H3,(H,20,25). The summed E-state index contributed by atoms with van der Waals surface area (Å²) in [6.45, 7) is 1.73. The third-order valence-corrected chi connectivity index (χ3v) is 3.89. The lowest BCUT2D eigenvalue weighted by molar-refractivity contribution is -0.384. The van der Waals surface area contributed by atoms with E-state index in [-0.39, 0.29) is 24.7 Å². The number of hydrogen-bond acceptors (Lipinski definition) is 7. The molecule has 10 nitrogen and oxygen atoms in total. The van der Waals surface area contributed by atoms with Crippen molar-refractivity contribution >= 4 is 23.3 Å². The summed E-state index contributed by atoms with van der Waals surface area (Å²) in [5.41, 5.74) is 2.23. The van der Waals surface area contributed by atoms with E-state index in [0.29, 0.717) is 16.9 Å². The Morgan fingerprint density at radius 2 is 1.83 bits per heavy atom. The lowest BCUT2D eigenvalue weighted by Gasteiger charge is -2.04. The van der Waals surface area contributed by atoms with E-state index < -0.39 is 10.9 Å². The largest absolute Gasteiger partial charge is 0.455 e. The van der Waals surface area contributed by atoms with Crippen molar-refractivity contribution in [2.75, 3.05) is 5.32 Å². The van der Waals surface area contributed by atoms with Crippen LogP contribution in [0.25, 0.3) is 0 Å². The van der Waals surface area contributed by atoms with Gasteiger partial charge in [0.1, 0.15) is 18.8 Å². The topological polar surface area (TPSA) is 129 Å². The van der Waals surface area contributed by atoms with Crippen LogP contribution in [0.3, 0.4) is 0 Å². The van der Waals surface area contributed by atoms with Crippen molar-refractivity contribution in [3.63, 3.8) is 0 Å². The highest BCUT2D eigenvalue weighted by molar-refractivity contribution is 5.90. The van der Waals surface area contributed by atoms with Crippen LogP contribution in [0.4, 0.5) is 11.4 Å². The molecular weight excluding hydrogens is 378 g/mol. The highest BCUT2D eigenvalue weighted by Gasteiger charge is 2.11. The van der Waals surface area contributed by atoms with Crippen molar-refractivity contribution < 1.29 is 19.2 Å². The molecule has 2 aromatic carbocycles. The zero-order valence-electron chi connectivity index (χ0n) is 15.4. The number of anilines is 1. The Labute approximate surface area is 165 Å². The number of non-ortho nitro benzene ring substituents is 1. The summed E-state index contributed by atoms with van der Waals surface area (Å²) in [5.74, 6) is -0.859. The van der Waals surface area contributed by atoms with Gasteiger partial charge in [-0.2, -0.15) is 0 Å². The van der Waals surface area contributed by atoms with Crippen LogP contribution in [0.15, 0.2) is 54.7 Å². The Morgan fingerprint density at radius 3 is 2.48 bits per heavy atom. The van der Waals surface area contributed by atoms with Gasteiger partial charge < -0.3 is 10.1 Å². The number of benzene rings is 2. The summed E-state index contributed by atoms with van der Waals surface area (Å²) < 4.78 is 6.49. The van der Waals surface area contributed by atoms with Crippen molar-refractivity contribution in [3.8, 4) is 0 Å². The second kappa shape index (κ2) is 8.74. The van der Waals surface area contributed by atoms with Crippen molar-refractivity contribution in [2.45, 2.75) is 20.1 Å². The molecule has 0 atom stereocenters. The van der Waals surface area contributed by atoms with E-state index in [9.17, 15) is 19.7 Å². The number of aromatic nitrogens is 3.